The predicted octanol–water partition coefficient (Wildman–Crippen LogP) is 3.09. The number of halogens is 1. The molecule has 0 spiro atoms. The molecule has 0 bridgehead atoms. The number of carbonyl (C=O) groups excluding carboxylic acids is 1. The molecule has 0 unspecified atom stereocenters. The maximum atomic E-state index is 12.3. The molecule has 4 heteroatoms. The minimum absolute atomic E-state index is 0.0932. The number of benzene rings is 2. The van der Waals surface area contributed by atoms with Crippen LogP contribution >= 0.6 is 15.9 Å². The number of hydrogen-bond acceptors (Lipinski definition) is 2. The lowest BCUT2D eigenvalue weighted by molar-refractivity contribution is 0.0915. The molecule has 2 rings (SSSR count). The second kappa shape index (κ2) is 7.38. The van der Waals surface area contributed by atoms with Crippen molar-refractivity contribution in [3.05, 3.63) is 69.7 Å². The molecule has 0 heterocycles. The average Bonchev–Trinajstić information content (AvgIpc) is 2.50. The fraction of sp³-hybridized carbons (Fsp3) is 0.235. The summed E-state index contributed by atoms with van der Waals surface area (Å²) in [5, 5.41) is 12.4. The van der Waals surface area contributed by atoms with E-state index in [1.165, 1.54) is 0 Å². The molecule has 0 aromatic heterocycles. The summed E-state index contributed by atoms with van der Waals surface area (Å²) < 4.78 is 0.752. The lowest BCUT2D eigenvalue weighted by Crippen LogP contribution is -2.39. The van der Waals surface area contributed by atoms with Gasteiger partial charge in [0.25, 0.3) is 5.91 Å². The van der Waals surface area contributed by atoms with Crippen molar-refractivity contribution in [2.24, 2.45) is 0 Å². The zero-order valence-electron chi connectivity index (χ0n) is 11.8. The first-order valence-corrected chi connectivity index (χ1v) is 7.61. The third-order valence-corrected chi connectivity index (χ3v) is 3.94. The van der Waals surface area contributed by atoms with Gasteiger partial charge in [0, 0.05) is 4.47 Å². The number of aliphatic hydroxyl groups excluding tert-OH is 1. The van der Waals surface area contributed by atoms with E-state index >= 15 is 0 Å². The lowest BCUT2D eigenvalue weighted by Gasteiger charge is -2.17. The Morgan fingerprint density at radius 3 is 2.62 bits per heavy atom. The molecule has 0 aliphatic rings. The van der Waals surface area contributed by atoms with Gasteiger partial charge in [-0.2, -0.15) is 0 Å². The number of aryl methyl sites for hydroxylation is 1. The molecule has 0 saturated heterocycles. The average molecular weight is 348 g/mol. The number of amides is 1. The molecule has 2 aromatic rings. The smallest absolute Gasteiger partial charge is 0.252 e. The Bertz CT molecular complexity index is 613. The van der Waals surface area contributed by atoms with Gasteiger partial charge in [0.2, 0.25) is 0 Å². The largest absolute Gasteiger partial charge is 0.394 e. The second-order valence-corrected chi connectivity index (χ2v) is 5.88. The lowest BCUT2D eigenvalue weighted by atomic mass is 10.1. The zero-order chi connectivity index (χ0) is 15.2. The minimum atomic E-state index is -0.299. The Balaban J connectivity index is 2.07. The van der Waals surface area contributed by atoms with Crippen molar-refractivity contribution in [3.63, 3.8) is 0 Å². The zero-order valence-corrected chi connectivity index (χ0v) is 13.4. The number of rotatable bonds is 5. The van der Waals surface area contributed by atoms with Crippen LogP contribution in [0.15, 0.2) is 53.0 Å². The van der Waals surface area contributed by atoms with Crippen LogP contribution in [0.3, 0.4) is 0 Å². The molecule has 0 saturated carbocycles. The molecule has 2 N–H and O–H groups in total. The fourth-order valence-corrected chi connectivity index (χ4v) is 2.56. The highest BCUT2D eigenvalue weighted by Gasteiger charge is 2.15. The number of nitrogens with one attached hydrogen (secondary N) is 1. The van der Waals surface area contributed by atoms with Gasteiger partial charge >= 0.3 is 0 Å². The standard InChI is InChI=1S/C17H18BrNO2/c1-12-7-8-16(18)15(9-12)17(21)19-14(11-20)10-13-5-3-2-4-6-13/h2-9,14,20H,10-11H2,1H3,(H,19,21)/t14-/m0/s1. The monoisotopic (exact) mass is 347 g/mol. The Morgan fingerprint density at radius 2 is 1.95 bits per heavy atom. The third kappa shape index (κ3) is 4.41. The van der Waals surface area contributed by atoms with E-state index in [4.69, 9.17) is 0 Å². The molecule has 0 radical (unpaired) electrons. The van der Waals surface area contributed by atoms with Gasteiger partial charge in [-0.25, -0.2) is 0 Å². The first kappa shape index (κ1) is 15.7. The van der Waals surface area contributed by atoms with Gasteiger partial charge in [0.05, 0.1) is 18.2 Å². The molecule has 0 aliphatic heterocycles. The van der Waals surface area contributed by atoms with Crippen molar-refractivity contribution in [3.8, 4) is 0 Å². The van der Waals surface area contributed by atoms with Gasteiger partial charge in [-0.15, -0.1) is 0 Å². The van der Waals surface area contributed by atoms with E-state index in [1.54, 1.807) is 0 Å². The SMILES string of the molecule is Cc1ccc(Br)c(C(=O)N[C@H](CO)Cc2ccccc2)c1. The van der Waals surface area contributed by atoms with Crippen LogP contribution in [0.25, 0.3) is 0 Å². The van der Waals surface area contributed by atoms with Gasteiger partial charge in [-0.1, -0.05) is 42.0 Å². The van der Waals surface area contributed by atoms with Gasteiger partial charge in [-0.3, -0.25) is 4.79 Å². The molecular weight excluding hydrogens is 330 g/mol. The van der Waals surface area contributed by atoms with E-state index < -0.39 is 0 Å². The summed E-state index contributed by atoms with van der Waals surface area (Å²) in [5.41, 5.74) is 2.69. The summed E-state index contributed by atoms with van der Waals surface area (Å²) in [6.07, 6.45) is 0.604. The third-order valence-electron chi connectivity index (χ3n) is 3.25. The Morgan fingerprint density at radius 1 is 1.24 bits per heavy atom. The quantitative estimate of drug-likeness (QED) is 0.872. The number of aliphatic hydroxyl groups is 1. The Hall–Kier alpha value is -1.65. The molecule has 0 aliphatic carbocycles. The predicted molar refractivity (Wildman–Crippen MR) is 87.4 cm³/mol. The Kier molecular flexibility index (Phi) is 5.53. The van der Waals surface area contributed by atoms with Crippen molar-refractivity contribution in [1.82, 2.24) is 5.32 Å². The van der Waals surface area contributed by atoms with Crippen LogP contribution in [0, 0.1) is 6.92 Å². The van der Waals surface area contributed by atoms with Crippen molar-refractivity contribution < 1.29 is 9.90 Å². The van der Waals surface area contributed by atoms with Crippen LogP contribution in [0.4, 0.5) is 0 Å². The molecule has 1 atom stereocenters. The number of carbonyl (C=O) groups is 1. The summed E-state index contributed by atoms with van der Waals surface area (Å²) in [7, 11) is 0. The van der Waals surface area contributed by atoms with Crippen molar-refractivity contribution in [2.75, 3.05) is 6.61 Å². The van der Waals surface area contributed by atoms with Crippen LogP contribution in [0.5, 0.6) is 0 Å². The topological polar surface area (TPSA) is 49.3 Å². The first-order chi connectivity index (χ1) is 10.1. The van der Waals surface area contributed by atoms with Gasteiger partial charge in [0.15, 0.2) is 0 Å². The molecule has 0 fully saturated rings. The molecule has 110 valence electrons. The van der Waals surface area contributed by atoms with Crippen molar-refractivity contribution >= 4 is 21.8 Å². The summed E-state index contributed by atoms with van der Waals surface area (Å²) in [5.74, 6) is -0.180. The highest BCUT2D eigenvalue weighted by atomic mass is 79.9. The molecule has 1 amide bonds. The summed E-state index contributed by atoms with van der Waals surface area (Å²) >= 11 is 3.39. The molecule has 3 nitrogen and oxygen atoms in total. The summed E-state index contributed by atoms with van der Waals surface area (Å²) in [4.78, 5) is 12.3. The van der Waals surface area contributed by atoms with Crippen LogP contribution in [0.1, 0.15) is 21.5 Å². The highest BCUT2D eigenvalue weighted by Crippen LogP contribution is 2.18. The van der Waals surface area contributed by atoms with Crippen molar-refractivity contribution in [1.29, 1.82) is 0 Å². The fourth-order valence-electron chi connectivity index (χ4n) is 2.14. The van der Waals surface area contributed by atoms with Crippen molar-refractivity contribution in [2.45, 2.75) is 19.4 Å². The van der Waals surface area contributed by atoms with E-state index in [0.717, 1.165) is 15.6 Å². The van der Waals surface area contributed by atoms with Gasteiger partial charge in [0.1, 0.15) is 0 Å². The maximum absolute atomic E-state index is 12.3. The molecular formula is C17H18BrNO2. The first-order valence-electron chi connectivity index (χ1n) is 6.82. The van der Waals surface area contributed by atoms with E-state index in [0.29, 0.717) is 12.0 Å². The van der Waals surface area contributed by atoms with Crippen LogP contribution in [-0.2, 0) is 6.42 Å². The molecule has 21 heavy (non-hydrogen) atoms. The van der Waals surface area contributed by atoms with Crippen LogP contribution in [0.2, 0.25) is 0 Å². The van der Waals surface area contributed by atoms with E-state index in [2.05, 4.69) is 21.2 Å². The van der Waals surface area contributed by atoms with Crippen LogP contribution < -0.4 is 5.32 Å². The number of hydrogen-bond donors (Lipinski definition) is 2. The maximum Gasteiger partial charge on any atom is 0.252 e. The van der Waals surface area contributed by atoms with E-state index in [-0.39, 0.29) is 18.6 Å². The van der Waals surface area contributed by atoms with Crippen LogP contribution in [-0.4, -0.2) is 23.7 Å². The highest BCUT2D eigenvalue weighted by molar-refractivity contribution is 9.10. The van der Waals surface area contributed by atoms with E-state index in [1.807, 2.05) is 55.5 Å². The van der Waals surface area contributed by atoms with E-state index in [9.17, 15) is 9.90 Å². The Labute approximate surface area is 133 Å². The summed E-state index contributed by atoms with van der Waals surface area (Å²) in [6.45, 7) is 1.85. The molecule has 2 aromatic carbocycles. The van der Waals surface area contributed by atoms with Gasteiger partial charge < -0.3 is 10.4 Å². The minimum Gasteiger partial charge on any atom is -0.394 e. The second-order valence-electron chi connectivity index (χ2n) is 5.03. The summed E-state index contributed by atoms with van der Waals surface area (Å²) in [6, 6.07) is 15.1. The van der Waals surface area contributed by atoms with Gasteiger partial charge in [-0.05, 0) is 47.0 Å². The normalized spacial score (nSPS) is 12.0.